The maximum absolute atomic E-state index is 13.5. The normalized spacial score (nSPS) is 44.3. The zero-order valence-corrected chi connectivity index (χ0v) is 72.1. The van der Waals surface area contributed by atoms with Crippen molar-refractivity contribution in [3.05, 3.63) is 35.9 Å². The monoisotopic (exact) mass is 1560 g/mol. The number of aromatic amines is 1. The van der Waals surface area contributed by atoms with E-state index in [-0.39, 0.29) is 197 Å². The Morgan fingerprint density at radius 1 is 0.592 bits per heavy atom. The minimum Gasteiger partial charge on any atom is -1.00 e. The van der Waals surface area contributed by atoms with Crippen molar-refractivity contribution < 1.29 is 170 Å². The average molecular weight is 1560 g/mol. The molecule has 103 heavy (non-hydrogen) atoms. The molecule has 0 spiro atoms. The number of methoxy groups -OCH3 is 3. The molecule has 12 saturated carbocycles. The molecular weight excluding hydrogens is 1420 g/mol. The molecule has 12 fully saturated rings. The molecule has 574 valence electrons. The van der Waals surface area contributed by atoms with Crippen LogP contribution in [-0.4, -0.2) is 133 Å². The molecule has 0 aliphatic heterocycles. The van der Waals surface area contributed by atoms with Crippen LogP contribution in [0.15, 0.2) is 24.8 Å². The van der Waals surface area contributed by atoms with Gasteiger partial charge in [-0.25, -0.2) is 0 Å². The summed E-state index contributed by atoms with van der Waals surface area (Å²) in [6, 6.07) is 4.00. The number of nitrogens with zero attached hydrogens (tertiary/aromatic N) is 5. The Morgan fingerprint density at radius 2 is 0.942 bits per heavy atom. The van der Waals surface area contributed by atoms with Crippen molar-refractivity contribution in [2.45, 2.75) is 280 Å². The first-order valence-electron chi connectivity index (χ1n) is 37.6. The van der Waals surface area contributed by atoms with Gasteiger partial charge in [-0.3, -0.25) is 29.0 Å². The van der Waals surface area contributed by atoms with Crippen LogP contribution in [0.1, 0.15) is 252 Å². The summed E-state index contributed by atoms with van der Waals surface area (Å²) in [6.07, 6.45) is 32.7. The number of alkyl halides is 1. The molecule has 0 radical (unpaired) electrons. The second-order valence-electron chi connectivity index (χ2n) is 35.4. The molecule has 2 heterocycles. The van der Waals surface area contributed by atoms with Crippen molar-refractivity contribution >= 4 is 39.8 Å². The van der Waals surface area contributed by atoms with Gasteiger partial charge in [0.05, 0.1) is 70.5 Å². The van der Waals surface area contributed by atoms with Crippen LogP contribution in [0.25, 0.3) is 0 Å². The topological polar surface area (TPSA) is 303 Å². The number of H-pyrrole nitrogens is 1. The summed E-state index contributed by atoms with van der Waals surface area (Å²) in [6.45, 7) is 22.5. The van der Waals surface area contributed by atoms with Gasteiger partial charge < -0.3 is 46.2 Å². The molecule has 2 aromatic rings. The minimum absolute atomic E-state index is 0. The standard InChI is InChI=1S/C27H39N3O3.C23H37BrO3.C23H38O3.C4H3N3.CH2O3.CH4O.2CH4.2K.H2.H/c1-25(32)9-10-26(2)18(12-25)5-6-19-20-7-8-21(27(20,3)24(33-4)11-22(19)26)23(31)16-30-15-17(13-28)14-29-30;1-21(26)9-10-22(2)14(12-21)5-6-15-16-7-8-17(19(25)13-24)23(16,3)20(27-4)11-18(15)22;1-14(24)17-8-9-18-16-7-6-15-13-21(2,25)10-11-22(15,3)19(16)12-20(26-5)23(17,18)4;5-1-4-2-6-7-3-4;2-1-4-3;1-2;;;;;;/h14-15,18-22,24,32H,5-12,16H2,1-4H3;14-18,20,26H,5-13H2,1-4H3;15-20,25H,6-13H2,1-5H3;2-3H,(H,6,7);1,3H;2H,1H3;2*1H4;;;1H;/q;;;;;;;;2*+1;;-1/p-1/t18-,19-,20-,21+,22-,24+,25+,26-,27-;14-,15-,16-,17+,18-,20+,21+,22-,23-;15-,16-,17+,18-,19-,20+,21+,22-,23+;;;;;;;;;/m000........./s1/i;;;;;;;;;;1+2;. The Kier molecular flexibility index (Phi) is 33.7. The van der Waals surface area contributed by atoms with Crippen LogP contribution >= 0.6 is 15.9 Å². The van der Waals surface area contributed by atoms with Crippen LogP contribution in [-0.2, 0) is 44.8 Å². The molecule has 22 heteroatoms. The molecule has 0 aromatic carbocycles. The maximum atomic E-state index is 13.5. The van der Waals surface area contributed by atoms with Crippen molar-refractivity contribution in [1.29, 1.82) is 10.5 Å². The van der Waals surface area contributed by atoms with E-state index in [1.54, 1.807) is 24.0 Å². The zero-order chi connectivity index (χ0) is 72.6. The fourth-order valence-corrected chi connectivity index (χ4v) is 26.4. The average Bonchev–Trinajstić information content (AvgIpc) is 1.69. The van der Waals surface area contributed by atoms with Crippen LogP contribution < -0.4 is 108 Å². The van der Waals surface area contributed by atoms with Gasteiger partial charge in [-0.05, 0) is 269 Å². The number of carbonyl (C=O) groups excluding carboxylic acids is 4. The summed E-state index contributed by atoms with van der Waals surface area (Å²) in [5.74, 6) is 8.90. The van der Waals surface area contributed by atoms with E-state index in [9.17, 15) is 29.7 Å². The molecule has 2 aromatic heterocycles. The van der Waals surface area contributed by atoms with Gasteiger partial charge in [0.2, 0.25) is 0 Å². The number of hydrogen-bond donors (Lipinski definition) is 5. The van der Waals surface area contributed by atoms with Gasteiger partial charge in [0.15, 0.2) is 5.78 Å². The maximum Gasteiger partial charge on any atom is 1.00 e. The third kappa shape index (κ3) is 17.9. The molecule has 0 unspecified atom stereocenters. The Balaban J connectivity index is 0.000000368. The SMILES string of the molecule is C.C.CO.CO[C@@H]1C[C@H]2[C@@H](CC[C@H]3C[C@](C)(O)CC[C@@]32C)[C@@H]2CC[C@H](C(=O)CBr)[C@@]12C.CO[C@@H]1C[C@H]2[C@@H](CC[C@H]3C[C@](C)(O)CC[C@@]32C)[C@@H]2CC[C@H](C(=O)Cn3cc(C#N)cn3)[C@@]12C.CO[C@@H]1C[C@H]2[C@@H](CC[C@H]3C[C@](C)(O)CC[C@@]32C)[C@@H]2CC[C@H](C(C)=O)[C@@]12C.N#Cc1cn[nH]c1.O=CO[O-].[3HH].[H-].[K+].[K+]. The molecule has 0 bridgehead atoms. The van der Waals surface area contributed by atoms with E-state index in [0.717, 1.165) is 122 Å². The fraction of sp³-hybridized carbons (Fsp3) is 0.852. The first-order valence-corrected chi connectivity index (χ1v) is 38.8. The summed E-state index contributed by atoms with van der Waals surface area (Å²) in [5.41, 5.74) is 0.340. The number of fused-ring (bicyclic) bond motifs is 15. The fourth-order valence-electron chi connectivity index (χ4n) is 26.1. The molecule has 5 N–H and O–H groups in total. The summed E-state index contributed by atoms with van der Waals surface area (Å²) in [4.78, 5) is 49.9. The van der Waals surface area contributed by atoms with Crippen LogP contribution in [0, 0.1) is 144 Å². The molecular formula is C81H133BrK2N6O13. The third-order valence-corrected chi connectivity index (χ3v) is 31.6. The van der Waals surface area contributed by atoms with Crippen molar-refractivity contribution in [2.24, 2.45) is 121 Å². The Bertz CT molecular complexity index is 3210. The van der Waals surface area contributed by atoms with Gasteiger partial charge in [0.1, 0.15) is 23.7 Å². The van der Waals surface area contributed by atoms with E-state index in [1.807, 2.05) is 48.2 Å². The summed E-state index contributed by atoms with van der Waals surface area (Å²) in [7, 11) is 6.54. The van der Waals surface area contributed by atoms with E-state index in [2.05, 4.69) is 83.7 Å². The number of aromatic nitrogens is 4. The predicted octanol–water partition coefficient (Wildman–Crippen LogP) is 7.92. The van der Waals surface area contributed by atoms with Gasteiger partial charge in [0.25, 0.3) is 6.47 Å². The van der Waals surface area contributed by atoms with Gasteiger partial charge >= 0.3 is 103 Å². The van der Waals surface area contributed by atoms with Gasteiger partial charge in [-0.2, -0.15) is 20.7 Å². The van der Waals surface area contributed by atoms with Crippen LogP contribution in [0.2, 0.25) is 0 Å². The van der Waals surface area contributed by atoms with E-state index in [1.165, 1.54) is 63.8 Å². The van der Waals surface area contributed by atoms with Crippen molar-refractivity contribution in [2.75, 3.05) is 33.8 Å². The summed E-state index contributed by atoms with van der Waals surface area (Å²) >= 11 is 3.43. The predicted molar refractivity (Wildman–Crippen MR) is 393 cm³/mol. The largest absolute Gasteiger partial charge is 1.00 e. The Hall–Kier alpha value is -0.687. The number of Topliss-reactive ketones (excluding diaryl/α,β-unsaturated/α-hetero) is 3. The quantitative estimate of drug-likeness (QED) is 0.0496. The number of halogens is 1. The Labute approximate surface area is 714 Å². The number of aliphatic hydroxyl groups is 4. The number of carbonyl (C=O) groups is 4. The minimum atomic E-state index is -0.524. The molecule has 0 saturated heterocycles. The smallest absolute Gasteiger partial charge is 1.00 e. The zero-order valence-electron chi connectivity index (χ0n) is 65.2. The van der Waals surface area contributed by atoms with Crippen LogP contribution in [0.5, 0.6) is 0 Å². The Morgan fingerprint density at radius 3 is 1.23 bits per heavy atom. The van der Waals surface area contributed by atoms with E-state index >= 15 is 0 Å². The third-order valence-electron chi connectivity index (χ3n) is 31.1. The molecule has 12 aliphatic carbocycles. The van der Waals surface area contributed by atoms with Crippen molar-refractivity contribution in [1.82, 2.24) is 20.0 Å². The molecule has 0 amide bonds. The number of nitriles is 2. The van der Waals surface area contributed by atoms with Gasteiger partial charge in [-0.1, -0.05) is 72.3 Å². The van der Waals surface area contributed by atoms with Crippen LogP contribution in [0.4, 0.5) is 0 Å². The molecule has 27 atom stereocenters. The number of hydrogen-bond acceptors (Lipinski definition) is 17. The van der Waals surface area contributed by atoms with E-state index in [0.29, 0.717) is 98.0 Å². The molecule has 14 rings (SSSR count). The molecule has 12 aliphatic rings. The number of nitrogens with one attached hydrogen (secondary N) is 1. The summed E-state index contributed by atoms with van der Waals surface area (Å²) < 4.78 is 20.1. The van der Waals surface area contributed by atoms with Gasteiger partial charge in [-0.15, -0.1) is 0 Å². The number of ether oxygens (including phenoxy) is 3. The van der Waals surface area contributed by atoms with Crippen LogP contribution in [0.3, 0.4) is 0 Å². The first-order chi connectivity index (χ1) is 46.8. The first kappa shape index (κ1) is 92.9. The number of rotatable bonds is 10. The second kappa shape index (κ2) is 37.3. The number of ketones is 3. The van der Waals surface area contributed by atoms with Crippen molar-refractivity contribution in [3.63, 3.8) is 0 Å². The summed E-state index contributed by atoms with van der Waals surface area (Å²) in [5, 5.41) is 75.4. The molecule has 19 nitrogen and oxygen atoms in total. The van der Waals surface area contributed by atoms with Crippen molar-refractivity contribution in [3.8, 4) is 12.1 Å². The number of aliphatic hydroxyl groups excluding tert-OH is 1. The second-order valence-corrected chi connectivity index (χ2v) is 36.0. The van der Waals surface area contributed by atoms with E-state index in [4.69, 9.17) is 39.9 Å². The van der Waals surface area contributed by atoms with Gasteiger partial charge in [0, 0.05) is 76.3 Å². The van der Waals surface area contributed by atoms with E-state index < -0.39 is 16.8 Å².